The molecule has 1 fully saturated rings. The van der Waals surface area contributed by atoms with Crippen LogP contribution in [0.2, 0.25) is 0 Å². The van der Waals surface area contributed by atoms with Crippen LogP contribution in [0.3, 0.4) is 0 Å². The van der Waals surface area contributed by atoms with Crippen LogP contribution in [-0.2, 0) is 13.1 Å². The Balaban J connectivity index is 1.54. The summed E-state index contributed by atoms with van der Waals surface area (Å²) in [5, 5.41) is 10.1. The molecule has 22 heavy (non-hydrogen) atoms. The van der Waals surface area contributed by atoms with Crippen molar-refractivity contribution in [1.82, 2.24) is 15.1 Å². The Bertz CT molecular complexity index is 646. The molecule has 116 valence electrons. The molecule has 0 bridgehead atoms. The zero-order chi connectivity index (χ0) is 15.4. The fraction of sp³-hybridized carbons (Fsp3) is 0.412. The van der Waals surface area contributed by atoms with Gasteiger partial charge in [0.25, 0.3) is 0 Å². The van der Waals surface area contributed by atoms with Crippen LogP contribution in [-0.4, -0.2) is 15.8 Å². The van der Waals surface area contributed by atoms with Crippen molar-refractivity contribution in [3.63, 3.8) is 0 Å². The minimum absolute atomic E-state index is 0.170. The Morgan fingerprint density at radius 1 is 1.36 bits per heavy atom. The Hall–Kier alpha value is -2.30. The van der Waals surface area contributed by atoms with Crippen LogP contribution in [0.5, 0.6) is 0 Å². The van der Waals surface area contributed by atoms with E-state index >= 15 is 0 Å². The van der Waals surface area contributed by atoms with Gasteiger partial charge in [-0.3, -0.25) is 4.68 Å². The number of amides is 2. The highest BCUT2D eigenvalue weighted by Crippen LogP contribution is 2.43. The number of aryl methyl sites for hydroxylation is 1. The van der Waals surface area contributed by atoms with E-state index in [0.717, 1.165) is 24.2 Å². The summed E-state index contributed by atoms with van der Waals surface area (Å²) in [4.78, 5) is 12.1. The van der Waals surface area contributed by atoms with Gasteiger partial charge in [0, 0.05) is 30.5 Å². The number of carbonyl (C=O) groups is 1. The van der Waals surface area contributed by atoms with Crippen LogP contribution < -0.4 is 10.6 Å². The van der Waals surface area contributed by atoms with E-state index in [-0.39, 0.29) is 6.03 Å². The first-order valence-electron chi connectivity index (χ1n) is 7.91. The molecule has 0 saturated heterocycles. The highest BCUT2D eigenvalue weighted by molar-refractivity contribution is 5.90. The van der Waals surface area contributed by atoms with E-state index in [2.05, 4.69) is 28.7 Å². The molecule has 2 amide bonds. The van der Waals surface area contributed by atoms with Crippen molar-refractivity contribution in [1.29, 1.82) is 0 Å². The number of carbonyl (C=O) groups excluding carboxylic acids is 1. The first-order valence-corrected chi connectivity index (χ1v) is 7.91. The van der Waals surface area contributed by atoms with Crippen molar-refractivity contribution in [3.05, 3.63) is 47.8 Å². The second-order valence-corrected chi connectivity index (χ2v) is 5.78. The van der Waals surface area contributed by atoms with Gasteiger partial charge in [0.1, 0.15) is 0 Å². The molecule has 1 aliphatic carbocycles. The summed E-state index contributed by atoms with van der Waals surface area (Å²) in [6.45, 7) is 3.51. The highest BCUT2D eigenvalue weighted by Gasteiger charge is 2.26. The smallest absolute Gasteiger partial charge is 0.319 e. The van der Waals surface area contributed by atoms with E-state index < -0.39 is 0 Å². The molecule has 5 nitrogen and oxygen atoms in total. The molecule has 0 atom stereocenters. The first kappa shape index (κ1) is 14.6. The quantitative estimate of drug-likeness (QED) is 0.857. The molecule has 1 heterocycles. The predicted molar refractivity (Wildman–Crippen MR) is 86.8 cm³/mol. The van der Waals surface area contributed by atoms with Gasteiger partial charge in [-0.15, -0.1) is 0 Å². The van der Waals surface area contributed by atoms with Crippen LogP contribution in [0.1, 0.15) is 43.2 Å². The van der Waals surface area contributed by atoms with Gasteiger partial charge >= 0.3 is 6.03 Å². The lowest BCUT2D eigenvalue weighted by molar-refractivity contribution is 0.251. The van der Waals surface area contributed by atoms with Crippen molar-refractivity contribution in [2.45, 2.75) is 45.2 Å². The molecule has 5 heteroatoms. The Kier molecular flexibility index (Phi) is 4.42. The Labute approximate surface area is 130 Å². The average Bonchev–Trinajstić information content (AvgIpc) is 3.27. The summed E-state index contributed by atoms with van der Waals surface area (Å²) in [7, 11) is 0. The Morgan fingerprint density at radius 3 is 2.95 bits per heavy atom. The van der Waals surface area contributed by atoms with Crippen LogP contribution in [0.15, 0.2) is 36.7 Å². The molecular weight excluding hydrogens is 276 g/mol. The summed E-state index contributed by atoms with van der Waals surface area (Å²) in [5.74, 6) is 0.615. The topological polar surface area (TPSA) is 59.0 Å². The number of nitrogens with zero attached hydrogens (tertiary/aromatic N) is 2. The zero-order valence-corrected chi connectivity index (χ0v) is 12.9. The maximum atomic E-state index is 12.1. The number of nitrogens with one attached hydrogen (secondary N) is 2. The second kappa shape index (κ2) is 6.64. The average molecular weight is 298 g/mol. The van der Waals surface area contributed by atoms with Crippen LogP contribution in [0.25, 0.3) is 0 Å². The normalized spacial score (nSPS) is 13.9. The number of urea groups is 1. The molecule has 0 radical (unpaired) electrons. The van der Waals surface area contributed by atoms with Crippen LogP contribution in [0, 0.1) is 0 Å². The number of rotatable bonds is 6. The SMILES string of the molecule is CCCn1cc(CNC(=O)Nc2ccccc2C2CC2)cn1. The third-order valence-corrected chi connectivity index (χ3v) is 3.82. The van der Waals surface area contributed by atoms with E-state index in [0.29, 0.717) is 12.5 Å². The molecule has 0 unspecified atom stereocenters. The third kappa shape index (κ3) is 3.67. The fourth-order valence-electron chi connectivity index (χ4n) is 2.56. The molecule has 0 spiro atoms. The van der Waals surface area contributed by atoms with E-state index in [1.807, 2.05) is 29.1 Å². The van der Waals surface area contributed by atoms with Crippen molar-refractivity contribution in [2.75, 3.05) is 5.32 Å². The standard InChI is InChI=1S/C17H22N4O/c1-2-9-21-12-13(11-19-21)10-18-17(22)20-16-6-4-3-5-15(16)14-7-8-14/h3-6,11-12,14H,2,7-10H2,1H3,(H2,18,20,22). The predicted octanol–water partition coefficient (Wildman–Crippen LogP) is 3.49. The zero-order valence-electron chi connectivity index (χ0n) is 12.9. The number of para-hydroxylation sites is 1. The molecule has 1 aliphatic rings. The summed E-state index contributed by atoms with van der Waals surface area (Å²) >= 11 is 0. The van der Waals surface area contributed by atoms with Gasteiger partial charge in [0.2, 0.25) is 0 Å². The summed E-state index contributed by atoms with van der Waals surface area (Å²) < 4.78 is 1.90. The van der Waals surface area contributed by atoms with Gasteiger partial charge in [-0.2, -0.15) is 5.10 Å². The molecule has 1 saturated carbocycles. The lowest BCUT2D eigenvalue weighted by Crippen LogP contribution is -2.28. The maximum Gasteiger partial charge on any atom is 0.319 e. The molecular formula is C17H22N4O. The van der Waals surface area contributed by atoms with Crippen molar-refractivity contribution < 1.29 is 4.79 Å². The lowest BCUT2D eigenvalue weighted by Gasteiger charge is -2.11. The lowest BCUT2D eigenvalue weighted by atomic mass is 10.1. The van der Waals surface area contributed by atoms with Gasteiger partial charge in [-0.25, -0.2) is 4.79 Å². The van der Waals surface area contributed by atoms with Crippen LogP contribution >= 0.6 is 0 Å². The van der Waals surface area contributed by atoms with Gasteiger partial charge in [0.05, 0.1) is 6.20 Å². The van der Waals surface area contributed by atoms with Gasteiger partial charge < -0.3 is 10.6 Å². The third-order valence-electron chi connectivity index (χ3n) is 3.82. The van der Waals surface area contributed by atoms with Gasteiger partial charge in [-0.05, 0) is 36.8 Å². The van der Waals surface area contributed by atoms with Crippen LogP contribution in [0.4, 0.5) is 10.5 Å². The number of hydrogen-bond donors (Lipinski definition) is 2. The number of aromatic nitrogens is 2. The monoisotopic (exact) mass is 298 g/mol. The molecule has 2 N–H and O–H groups in total. The summed E-state index contributed by atoms with van der Waals surface area (Å²) in [6.07, 6.45) is 7.26. The number of hydrogen-bond acceptors (Lipinski definition) is 2. The maximum absolute atomic E-state index is 12.1. The van der Waals surface area contributed by atoms with Crippen molar-refractivity contribution in [3.8, 4) is 0 Å². The summed E-state index contributed by atoms with van der Waals surface area (Å²) in [6, 6.07) is 7.88. The first-order chi connectivity index (χ1) is 10.8. The number of benzene rings is 1. The van der Waals surface area contributed by atoms with E-state index in [1.165, 1.54) is 18.4 Å². The van der Waals surface area contributed by atoms with E-state index in [9.17, 15) is 4.79 Å². The van der Waals surface area contributed by atoms with Gasteiger partial charge in [0.15, 0.2) is 0 Å². The van der Waals surface area contributed by atoms with Crippen molar-refractivity contribution in [2.24, 2.45) is 0 Å². The van der Waals surface area contributed by atoms with Gasteiger partial charge in [-0.1, -0.05) is 25.1 Å². The van der Waals surface area contributed by atoms with E-state index in [4.69, 9.17) is 0 Å². The fourth-order valence-corrected chi connectivity index (χ4v) is 2.56. The minimum Gasteiger partial charge on any atom is -0.334 e. The molecule has 0 aliphatic heterocycles. The number of anilines is 1. The molecule has 3 rings (SSSR count). The largest absolute Gasteiger partial charge is 0.334 e. The minimum atomic E-state index is -0.170. The van der Waals surface area contributed by atoms with E-state index in [1.54, 1.807) is 6.20 Å². The summed E-state index contributed by atoms with van der Waals surface area (Å²) in [5.41, 5.74) is 3.18. The Morgan fingerprint density at radius 2 is 2.18 bits per heavy atom. The highest BCUT2D eigenvalue weighted by atomic mass is 16.2. The second-order valence-electron chi connectivity index (χ2n) is 5.78. The molecule has 1 aromatic heterocycles. The molecule has 2 aromatic rings. The van der Waals surface area contributed by atoms with Crippen molar-refractivity contribution >= 4 is 11.7 Å². The molecule has 1 aromatic carbocycles.